The zero-order valence-electron chi connectivity index (χ0n) is 13.1. The maximum absolute atomic E-state index is 10.8. The Morgan fingerprint density at radius 2 is 2.21 bits per heavy atom. The van der Waals surface area contributed by atoms with E-state index in [1.54, 1.807) is 23.9 Å². The summed E-state index contributed by atoms with van der Waals surface area (Å²) in [4.78, 5) is 23.3. The van der Waals surface area contributed by atoms with E-state index < -0.39 is 0 Å². The van der Waals surface area contributed by atoms with Gasteiger partial charge in [0.2, 0.25) is 6.41 Å². The quantitative estimate of drug-likeness (QED) is 0.573. The molecule has 0 fully saturated rings. The van der Waals surface area contributed by atoms with Crippen LogP contribution in [-0.4, -0.2) is 27.9 Å². The fourth-order valence-electron chi connectivity index (χ4n) is 2.23. The molecule has 0 aliphatic rings. The Hall–Kier alpha value is -2.93. The second-order valence-corrected chi connectivity index (χ2v) is 6.00. The number of carbonyl (C=O) groups excluding carboxylic acids is 1. The average molecular weight is 339 g/mol. The smallest absolute Gasteiger partial charge is 0.211 e. The summed E-state index contributed by atoms with van der Waals surface area (Å²) < 4.78 is 0. The largest absolute Gasteiger partial charge is 0.362 e. The van der Waals surface area contributed by atoms with Crippen molar-refractivity contribution in [2.75, 3.05) is 17.2 Å². The predicted octanol–water partition coefficient (Wildman–Crippen LogP) is 3.70. The number of hydrogen-bond donors (Lipinski definition) is 3. The van der Waals surface area contributed by atoms with Crippen LogP contribution in [0.3, 0.4) is 0 Å². The van der Waals surface area contributed by atoms with Crippen molar-refractivity contribution >= 4 is 40.7 Å². The Morgan fingerprint density at radius 1 is 1.29 bits per heavy atom. The number of amides is 1. The van der Waals surface area contributed by atoms with Crippen molar-refractivity contribution < 1.29 is 4.79 Å². The number of benzene rings is 1. The highest BCUT2D eigenvalue weighted by atomic mass is 32.1. The number of H-pyrrole nitrogens is 1. The molecule has 2 heterocycles. The second-order valence-electron chi connectivity index (χ2n) is 4.96. The first-order valence-electron chi connectivity index (χ1n) is 7.51. The molecule has 3 rings (SSSR count). The Kier molecular flexibility index (Phi) is 5.02. The number of nitrogens with zero attached hydrogens (tertiary/aromatic N) is 2. The van der Waals surface area contributed by atoms with Gasteiger partial charge in [-0.2, -0.15) is 0 Å². The highest BCUT2D eigenvalue weighted by Crippen LogP contribution is 2.32. The summed E-state index contributed by atoms with van der Waals surface area (Å²) in [5.74, 6) is 0. The first-order valence-corrected chi connectivity index (χ1v) is 8.32. The van der Waals surface area contributed by atoms with Crippen LogP contribution in [0.25, 0.3) is 22.6 Å². The van der Waals surface area contributed by atoms with Crippen LogP contribution in [0.4, 0.5) is 10.8 Å². The summed E-state index contributed by atoms with van der Waals surface area (Å²) in [5, 5.41) is 6.84. The highest BCUT2D eigenvalue weighted by Gasteiger charge is 2.07. The third-order valence-corrected chi connectivity index (χ3v) is 4.35. The van der Waals surface area contributed by atoms with E-state index in [0.29, 0.717) is 6.41 Å². The Balaban J connectivity index is 1.93. The molecule has 0 aliphatic carbocycles. The van der Waals surface area contributed by atoms with Gasteiger partial charge in [-0.05, 0) is 36.3 Å². The summed E-state index contributed by atoms with van der Waals surface area (Å²) in [6, 6.07) is 5.90. The van der Waals surface area contributed by atoms with Crippen LogP contribution in [0.15, 0.2) is 36.9 Å². The zero-order chi connectivity index (χ0) is 16.8. The van der Waals surface area contributed by atoms with E-state index in [-0.39, 0.29) is 0 Å². The van der Waals surface area contributed by atoms with Crippen LogP contribution < -0.4 is 10.6 Å². The lowest BCUT2D eigenvalue weighted by molar-refractivity contribution is -0.105. The van der Waals surface area contributed by atoms with Crippen molar-refractivity contribution in [2.24, 2.45) is 0 Å². The molecule has 1 aromatic carbocycles. The molecule has 122 valence electrons. The van der Waals surface area contributed by atoms with E-state index in [1.165, 1.54) is 0 Å². The molecule has 0 spiro atoms. The number of aromatic nitrogens is 3. The van der Waals surface area contributed by atoms with Crippen molar-refractivity contribution in [3.63, 3.8) is 0 Å². The number of carbonyl (C=O) groups is 1. The molecule has 24 heavy (non-hydrogen) atoms. The fourth-order valence-corrected chi connectivity index (χ4v) is 3.11. The van der Waals surface area contributed by atoms with Gasteiger partial charge in [-0.1, -0.05) is 23.5 Å². The highest BCUT2D eigenvalue weighted by molar-refractivity contribution is 7.18. The maximum atomic E-state index is 10.8. The molecule has 6 nitrogen and oxygen atoms in total. The van der Waals surface area contributed by atoms with Gasteiger partial charge < -0.3 is 15.6 Å². The molecule has 0 aliphatic heterocycles. The monoisotopic (exact) mass is 339 g/mol. The van der Waals surface area contributed by atoms with Gasteiger partial charge in [-0.15, -0.1) is 0 Å². The van der Waals surface area contributed by atoms with E-state index >= 15 is 0 Å². The zero-order valence-corrected chi connectivity index (χ0v) is 13.9. The van der Waals surface area contributed by atoms with Gasteiger partial charge in [0.15, 0.2) is 5.13 Å². The third-order valence-electron chi connectivity index (χ3n) is 3.35. The van der Waals surface area contributed by atoms with E-state index in [2.05, 4.69) is 25.6 Å². The maximum Gasteiger partial charge on any atom is 0.211 e. The van der Waals surface area contributed by atoms with Crippen molar-refractivity contribution in [3.05, 3.63) is 48.2 Å². The van der Waals surface area contributed by atoms with Crippen LogP contribution in [0.5, 0.6) is 0 Å². The van der Waals surface area contributed by atoms with Crippen molar-refractivity contribution in [1.82, 2.24) is 15.0 Å². The molecule has 2 aromatic heterocycles. The minimum atomic E-state index is 0.679. The number of anilines is 2. The molecule has 0 unspecified atom stereocenters. The summed E-state index contributed by atoms with van der Waals surface area (Å²) in [5.41, 5.74) is 3.61. The van der Waals surface area contributed by atoms with Gasteiger partial charge >= 0.3 is 0 Å². The minimum Gasteiger partial charge on any atom is -0.362 e. The molecule has 0 bridgehead atoms. The van der Waals surface area contributed by atoms with Crippen LogP contribution in [0.2, 0.25) is 0 Å². The van der Waals surface area contributed by atoms with Crippen LogP contribution in [0, 0.1) is 0 Å². The molecule has 3 aromatic rings. The molecule has 0 saturated carbocycles. The van der Waals surface area contributed by atoms with Crippen LogP contribution in [-0.2, 0) is 4.79 Å². The number of thiazole rings is 1. The molecule has 0 atom stereocenters. The fraction of sp³-hybridized carbons (Fsp3) is 0.118. The van der Waals surface area contributed by atoms with Gasteiger partial charge in [0.1, 0.15) is 0 Å². The minimum absolute atomic E-state index is 0.679. The van der Waals surface area contributed by atoms with Crippen molar-refractivity contribution in [3.8, 4) is 10.4 Å². The summed E-state index contributed by atoms with van der Waals surface area (Å²) in [6.07, 6.45) is 9.75. The number of aromatic amines is 1. The van der Waals surface area contributed by atoms with E-state index in [0.717, 1.165) is 39.1 Å². The SMILES string of the molecule is CCNc1ncc(-c2ccc(NC=O)c(/C=C/c3cnc[nH]3)c2)s1. The summed E-state index contributed by atoms with van der Waals surface area (Å²) in [6.45, 7) is 2.88. The van der Waals surface area contributed by atoms with Crippen molar-refractivity contribution in [1.29, 1.82) is 0 Å². The van der Waals surface area contributed by atoms with E-state index in [4.69, 9.17) is 0 Å². The second kappa shape index (κ2) is 7.56. The van der Waals surface area contributed by atoms with Gasteiger partial charge in [0.05, 0.1) is 23.1 Å². The standard InChI is InChI=1S/C17H17N5OS/c1-2-19-17-20-9-16(24-17)13-4-6-15(22-11-23)12(7-13)3-5-14-8-18-10-21-14/h3-11H,2H2,1H3,(H,18,21)(H,19,20)(H,22,23)/b5-3+. The Bertz CT molecular complexity index is 839. The topological polar surface area (TPSA) is 82.7 Å². The van der Waals surface area contributed by atoms with Crippen molar-refractivity contribution in [2.45, 2.75) is 6.92 Å². The lowest BCUT2D eigenvalue weighted by Crippen LogP contribution is -1.96. The number of hydrogen-bond acceptors (Lipinski definition) is 5. The molecule has 0 saturated heterocycles. The molecular formula is C17H17N5OS. The average Bonchev–Trinajstić information content (AvgIpc) is 3.26. The Labute approximate surface area is 143 Å². The van der Waals surface area contributed by atoms with E-state index in [9.17, 15) is 4.79 Å². The third kappa shape index (κ3) is 3.69. The molecular weight excluding hydrogens is 322 g/mol. The first-order chi connectivity index (χ1) is 11.8. The molecule has 1 amide bonds. The first kappa shape index (κ1) is 15.9. The van der Waals surface area contributed by atoms with E-state index in [1.807, 2.05) is 43.5 Å². The summed E-state index contributed by atoms with van der Waals surface area (Å²) >= 11 is 1.60. The Morgan fingerprint density at radius 3 is 2.96 bits per heavy atom. The predicted molar refractivity (Wildman–Crippen MR) is 98.9 cm³/mol. The van der Waals surface area contributed by atoms with Crippen LogP contribution in [0.1, 0.15) is 18.2 Å². The molecule has 0 radical (unpaired) electrons. The molecule has 7 heteroatoms. The normalized spacial score (nSPS) is 10.9. The summed E-state index contributed by atoms with van der Waals surface area (Å²) in [7, 11) is 0. The lowest BCUT2D eigenvalue weighted by atomic mass is 10.1. The number of nitrogens with one attached hydrogen (secondary N) is 3. The van der Waals surface area contributed by atoms with Gasteiger partial charge in [0.25, 0.3) is 0 Å². The number of imidazole rings is 1. The lowest BCUT2D eigenvalue weighted by Gasteiger charge is -2.07. The van der Waals surface area contributed by atoms with Gasteiger partial charge in [-0.3, -0.25) is 4.79 Å². The molecule has 3 N–H and O–H groups in total. The van der Waals surface area contributed by atoms with Gasteiger partial charge in [0, 0.05) is 18.4 Å². The van der Waals surface area contributed by atoms with Gasteiger partial charge in [-0.25, -0.2) is 9.97 Å². The van der Waals surface area contributed by atoms with Crippen LogP contribution >= 0.6 is 11.3 Å². The number of rotatable bonds is 7.